The number of pyridine rings is 1. The number of aromatic nitrogens is 2. The lowest BCUT2D eigenvalue weighted by atomic mass is 9.93. The van der Waals surface area contributed by atoms with E-state index in [0.717, 1.165) is 52.4 Å². The molecule has 0 saturated heterocycles. The SMILES string of the molecule is COc1cnc2[nH]cc(/C=C/C3NCCc4cc(OCc5ccccc5)c(OC)cc43)c2c1. The number of nitrogens with one attached hydrogen (secondary N) is 2. The monoisotopic (exact) mass is 441 g/mol. The van der Waals surface area contributed by atoms with E-state index in [0.29, 0.717) is 6.61 Å². The van der Waals surface area contributed by atoms with Crippen molar-refractivity contribution in [3.05, 3.63) is 89.3 Å². The van der Waals surface area contributed by atoms with Crippen molar-refractivity contribution in [1.82, 2.24) is 15.3 Å². The molecule has 1 atom stereocenters. The summed E-state index contributed by atoms with van der Waals surface area (Å²) in [5, 5.41) is 4.63. The summed E-state index contributed by atoms with van der Waals surface area (Å²) in [5.41, 5.74) is 5.52. The predicted octanol–water partition coefficient (Wildman–Crippen LogP) is 5.06. The molecule has 4 aromatic rings. The number of H-pyrrole nitrogens is 1. The fraction of sp³-hybridized carbons (Fsp3) is 0.222. The van der Waals surface area contributed by atoms with Gasteiger partial charge in [0, 0.05) is 23.7 Å². The van der Waals surface area contributed by atoms with Crippen LogP contribution in [0.1, 0.15) is 28.3 Å². The molecule has 0 saturated carbocycles. The predicted molar refractivity (Wildman–Crippen MR) is 130 cm³/mol. The summed E-state index contributed by atoms with van der Waals surface area (Å²) in [5.74, 6) is 2.26. The van der Waals surface area contributed by atoms with Crippen molar-refractivity contribution in [1.29, 1.82) is 0 Å². The minimum atomic E-state index is 0.0781. The van der Waals surface area contributed by atoms with E-state index in [4.69, 9.17) is 14.2 Å². The van der Waals surface area contributed by atoms with Crippen LogP contribution in [0.5, 0.6) is 17.2 Å². The van der Waals surface area contributed by atoms with Gasteiger partial charge in [0.25, 0.3) is 0 Å². The van der Waals surface area contributed by atoms with Gasteiger partial charge in [-0.1, -0.05) is 42.5 Å². The first kappa shape index (κ1) is 21.1. The highest BCUT2D eigenvalue weighted by atomic mass is 16.5. The van der Waals surface area contributed by atoms with Crippen LogP contribution in [0.3, 0.4) is 0 Å². The zero-order valence-electron chi connectivity index (χ0n) is 18.8. The molecule has 0 spiro atoms. The molecule has 1 unspecified atom stereocenters. The van der Waals surface area contributed by atoms with E-state index in [9.17, 15) is 0 Å². The van der Waals surface area contributed by atoms with Crippen LogP contribution in [-0.2, 0) is 13.0 Å². The molecule has 2 aromatic carbocycles. The Morgan fingerprint density at radius 3 is 2.76 bits per heavy atom. The first-order valence-electron chi connectivity index (χ1n) is 11.1. The molecule has 168 valence electrons. The van der Waals surface area contributed by atoms with Gasteiger partial charge in [-0.2, -0.15) is 0 Å². The number of fused-ring (bicyclic) bond motifs is 2. The van der Waals surface area contributed by atoms with E-state index in [1.54, 1.807) is 20.4 Å². The molecular formula is C27H27N3O3. The van der Waals surface area contributed by atoms with Crippen LogP contribution in [0.15, 0.2) is 67.0 Å². The molecule has 6 nitrogen and oxygen atoms in total. The number of hydrogen-bond donors (Lipinski definition) is 2. The second-order valence-corrected chi connectivity index (χ2v) is 8.03. The fourth-order valence-corrected chi connectivity index (χ4v) is 4.23. The first-order valence-corrected chi connectivity index (χ1v) is 11.1. The van der Waals surface area contributed by atoms with E-state index in [-0.39, 0.29) is 6.04 Å². The molecule has 3 heterocycles. The van der Waals surface area contributed by atoms with Crippen LogP contribution < -0.4 is 19.5 Å². The number of ether oxygens (including phenoxy) is 3. The van der Waals surface area contributed by atoms with Gasteiger partial charge in [0.15, 0.2) is 11.5 Å². The van der Waals surface area contributed by atoms with E-state index >= 15 is 0 Å². The van der Waals surface area contributed by atoms with E-state index in [2.05, 4.69) is 51.7 Å². The molecule has 0 fully saturated rings. The molecule has 0 aliphatic carbocycles. The van der Waals surface area contributed by atoms with Crippen molar-refractivity contribution in [2.24, 2.45) is 0 Å². The quantitative estimate of drug-likeness (QED) is 0.420. The lowest BCUT2D eigenvalue weighted by Gasteiger charge is -2.26. The Labute approximate surface area is 193 Å². The Kier molecular flexibility index (Phi) is 6.00. The summed E-state index contributed by atoms with van der Waals surface area (Å²) in [6.07, 6.45) is 8.94. The molecule has 6 heteroatoms. The Bertz CT molecular complexity index is 1280. The minimum Gasteiger partial charge on any atom is -0.495 e. The van der Waals surface area contributed by atoms with E-state index < -0.39 is 0 Å². The van der Waals surface area contributed by atoms with Crippen LogP contribution >= 0.6 is 0 Å². The number of methoxy groups -OCH3 is 2. The minimum absolute atomic E-state index is 0.0781. The number of aromatic amines is 1. The molecule has 2 N–H and O–H groups in total. The number of benzene rings is 2. The van der Waals surface area contributed by atoms with Gasteiger partial charge in [-0.25, -0.2) is 4.98 Å². The molecule has 0 radical (unpaired) electrons. The summed E-state index contributed by atoms with van der Waals surface area (Å²) in [7, 11) is 3.34. The lowest BCUT2D eigenvalue weighted by Crippen LogP contribution is -2.28. The third-order valence-corrected chi connectivity index (χ3v) is 6.00. The van der Waals surface area contributed by atoms with Crippen molar-refractivity contribution in [2.75, 3.05) is 20.8 Å². The van der Waals surface area contributed by atoms with E-state index in [1.807, 2.05) is 30.5 Å². The zero-order valence-corrected chi connectivity index (χ0v) is 18.8. The third-order valence-electron chi connectivity index (χ3n) is 6.00. The van der Waals surface area contributed by atoms with Crippen molar-refractivity contribution in [3.63, 3.8) is 0 Å². The summed E-state index contributed by atoms with van der Waals surface area (Å²) in [6.45, 7) is 1.41. The third kappa shape index (κ3) is 4.43. The van der Waals surface area contributed by atoms with Crippen LogP contribution in [0.4, 0.5) is 0 Å². The van der Waals surface area contributed by atoms with E-state index in [1.165, 1.54) is 11.1 Å². The van der Waals surface area contributed by atoms with Gasteiger partial charge in [0.05, 0.1) is 26.5 Å². The highest BCUT2D eigenvalue weighted by Crippen LogP contribution is 2.36. The highest BCUT2D eigenvalue weighted by molar-refractivity contribution is 5.87. The Balaban J connectivity index is 1.40. The van der Waals surface area contributed by atoms with Gasteiger partial charge >= 0.3 is 0 Å². The van der Waals surface area contributed by atoms with Crippen molar-refractivity contribution in [3.8, 4) is 17.2 Å². The van der Waals surface area contributed by atoms with Crippen LogP contribution in [0, 0.1) is 0 Å². The van der Waals surface area contributed by atoms with Gasteiger partial charge in [-0.15, -0.1) is 0 Å². The smallest absolute Gasteiger partial charge is 0.161 e. The zero-order chi connectivity index (χ0) is 22.6. The second-order valence-electron chi connectivity index (χ2n) is 8.03. The van der Waals surface area contributed by atoms with Gasteiger partial charge in [-0.05, 0) is 41.3 Å². The Morgan fingerprint density at radius 1 is 1.06 bits per heavy atom. The van der Waals surface area contributed by atoms with Crippen molar-refractivity contribution >= 4 is 17.1 Å². The average molecular weight is 442 g/mol. The molecule has 33 heavy (non-hydrogen) atoms. The molecular weight excluding hydrogens is 414 g/mol. The van der Waals surface area contributed by atoms with Gasteiger partial charge < -0.3 is 24.5 Å². The standard InChI is InChI=1S/C27H27N3O3/c1-31-21-13-23-20(15-29-27(23)30-16-21)8-9-24-22-14-25(32-2)26(12-19(22)10-11-28-24)33-17-18-6-4-3-5-7-18/h3-9,12-16,24,28H,10-11,17H2,1-2H3,(H,29,30)/b9-8+. The Morgan fingerprint density at radius 2 is 1.94 bits per heavy atom. The average Bonchev–Trinajstić information content (AvgIpc) is 3.28. The molecule has 1 aliphatic rings. The number of rotatable bonds is 7. The van der Waals surface area contributed by atoms with Crippen molar-refractivity contribution < 1.29 is 14.2 Å². The largest absolute Gasteiger partial charge is 0.495 e. The molecule has 0 bridgehead atoms. The van der Waals surface area contributed by atoms with Gasteiger partial charge in [0.2, 0.25) is 0 Å². The summed E-state index contributed by atoms with van der Waals surface area (Å²) in [4.78, 5) is 7.64. The topological polar surface area (TPSA) is 68.4 Å². The fourth-order valence-electron chi connectivity index (χ4n) is 4.23. The highest BCUT2D eigenvalue weighted by Gasteiger charge is 2.21. The maximum Gasteiger partial charge on any atom is 0.161 e. The molecule has 5 rings (SSSR count). The molecule has 2 aromatic heterocycles. The maximum absolute atomic E-state index is 6.12. The summed E-state index contributed by atoms with van der Waals surface area (Å²) >= 11 is 0. The van der Waals surface area contributed by atoms with Crippen LogP contribution in [0.25, 0.3) is 17.1 Å². The normalized spacial score (nSPS) is 15.5. The van der Waals surface area contributed by atoms with Crippen LogP contribution in [0.2, 0.25) is 0 Å². The maximum atomic E-state index is 6.12. The Hall–Kier alpha value is -3.77. The van der Waals surface area contributed by atoms with Gasteiger partial charge in [-0.3, -0.25) is 0 Å². The summed E-state index contributed by atoms with van der Waals surface area (Å²) in [6, 6.07) is 16.5. The molecule has 1 aliphatic heterocycles. The summed E-state index contributed by atoms with van der Waals surface area (Å²) < 4.78 is 17.1. The van der Waals surface area contributed by atoms with Crippen LogP contribution in [-0.4, -0.2) is 30.7 Å². The first-order chi connectivity index (χ1) is 16.2. The van der Waals surface area contributed by atoms with Gasteiger partial charge in [0.1, 0.15) is 18.0 Å². The van der Waals surface area contributed by atoms with Crippen molar-refractivity contribution in [2.45, 2.75) is 19.1 Å². The molecule has 0 amide bonds. The number of nitrogens with zero attached hydrogens (tertiary/aromatic N) is 1. The number of hydrogen-bond acceptors (Lipinski definition) is 5. The second kappa shape index (κ2) is 9.38. The lowest BCUT2D eigenvalue weighted by molar-refractivity contribution is 0.283.